The number of allylic oxidation sites excluding steroid dienone is 2. The Morgan fingerprint density at radius 1 is 1.27 bits per heavy atom. The number of hydrogen-bond acceptors (Lipinski definition) is 5. The summed E-state index contributed by atoms with van der Waals surface area (Å²) in [6.45, 7) is 2.03. The van der Waals surface area contributed by atoms with Crippen LogP contribution in [0.1, 0.15) is 12.5 Å². The number of benzene rings is 1. The third kappa shape index (κ3) is 2.79. The maximum Gasteiger partial charge on any atom is 0.223 e. The molecule has 0 spiro atoms. The summed E-state index contributed by atoms with van der Waals surface area (Å²) >= 11 is 3.38. The van der Waals surface area contributed by atoms with Crippen molar-refractivity contribution in [2.24, 2.45) is 0 Å². The first-order valence-electron chi connectivity index (χ1n) is 6.34. The van der Waals surface area contributed by atoms with Crippen molar-refractivity contribution in [2.45, 2.75) is 13.3 Å². The molecule has 0 radical (unpaired) electrons. The van der Waals surface area contributed by atoms with Gasteiger partial charge in [-0.1, -0.05) is 15.9 Å². The number of fused-ring (bicyclic) bond motifs is 1. The minimum absolute atomic E-state index is 0.104. The number of carbonyl (C=O) groups excluding carboxylic acids is 1. The topological polar surface area (TPSA) is 104 Å². The third-order valence-electron chi connectivity index (χ3n) is 3.25. The molecule has 0 bridgehead atoms. The first kappa shape index (κ1) is 15.6. The Kier molecular flexibility index (Phi) is 4.46. The van der Waals surface area contributed by atoms with Gasteiger partial charge in [0.2, 0.25) is 5.91 Å². The number of amides is 1. The molecule has 7 heteroatoms. The van der Waals surface area contributed by atoms with Crippen molar-refractivity contribution in [1.29, 1.82) is 15.8 Å². The van der Waals surface area contributed by atoms with Crippen LogP contribution in [0.3, 0.4) is 0 Å². The van der Waals surface area contributed by atoms with Gasteiger partial charge in [0.05, 0.1) is 11.4 Å². The summed E-state index contributed by atoms with van der Waals surface area (Å²) in [4.78, 5) is 13.4. The summed E-state index contributed by atoms with van der Waals surface area (Å²) in [5.41, 5.74) is 1.71. The molecule has 1 aromatic rings. The van der Waals surface area contributed by atoms with Gasteiger partial charge in [0.15, 0.2) is 5.57 Å². The van der Waals surface area contributed by atoms with Gasteiger partial charge in [-0.25, -0.2) is 0 Å². The van der Waals surface area contributed by atoms with E-state index >= 15 is 0 Å². The van der Waals surface area contributed by atoms with Crippen LogP contribution in [0.2, 0.25) is 0 Å². The monoisotopic (exact) mass is 355 g/mol. The third-order valence-corrected chi connectivity index (χ3v) is 3.71. The average molecular weight is 356 g/mol. The molecule has 2 rings (SSSR count). The largest absolute Gasteiger partial charge is 0.343 e. The molecule has 0 atom stereocenters. The van der Waals surface area contributed by atoms with E-state index in [0.717, 1.165) is 10.0 Å². The molecule has 6 nitrogen and oxygen atoms in total. The van der Waals surface area contributed by atoms with Crippen molar-refractivity contribution in [1.82, 2.24) is 0 Å². The second-order valence-electron chi connectivity index (χ2n) is 4.59. The molecular formula is C15H10BrN5O. The molecule has 1 aromatic carbocycles. The first-order valence-corrected chi connectivity index (χ1v) is 7.13. The van der Waals surface area contributed by atoms with E-state index in [4.69, 9.17) is 15.8 Å². The molecule has 0 aliphatic carbocycles. The van der Waals surface area contributed by atoms with Crippen molar-refractivity contribution < 1.29 is 4.79 Å². The number of nitrogens with one attached hydrogen (secondary N) is 1. The van der Waals surface area contributed by atoms with Gasteiger partial charge in [-0.05, 0) is 24.1 Å². The van der Waals surface area contributed by atoms with Crippen LogP contribution in [0.25, 0.3) is 0 Å². The predicted octanol–water partition coefficient (Wildman–Crippen LogP) is 2.59. The number of rotatable bonds is 2. The first-order chi connectivity index (χ1) is 10.5. The maximum atomic E-state index is 11.8. The Balaban J connectivity index is 2.57. The van der Waals surface area contributed by atoms with Crippen LogP contribution in [-0.2, 0) is 11.2 Å². The highest BCUT2D eigenvalue weighted by atomic mass is 79.9. The van der Waals surface area contributed by atoms with Gasteiger partial charge in [-0.3, -0.25) is 4.79 Å². The zero-order valence-corrected chi connectivity index (χ0v) is 13.2. The Hall–Kier alpha value is -2.82. The van der Waals surface area contributed by atoms with Gasteiger partial charge < -0.3 is 10.2 Å². The Labute approximate surface area is 136 Å². The molecule has 108 valence electrons. The van der Waals surface area contributed by atoms with E-state index in [1.165, 1.54) is 6.92 Å². The molecule has 0 unspecified atom stereocenters. The lowest BCUT2D eigenvalue weighted by Gasteiger charge is -2.19. The number of halogens is 1. The van der Waals surface area contributed by atoms with Crippen molar-refractivity contribution in [3.8, 4) is 18.2 Å². The van der Waals surface area contributed by atoms with Gasteiger partial charge >= 0.3 is 0 Å². The van der Waals surface area contributed by atoms with Crippen LogP contribution in [0.15, 0.2) is 27.9 Å². The average Bonchev–Trinajstić information content (AvgIpc) is 2.91. The molecule has 1 aliphatic heterocycles. The van der Waals surface area contributed by atoms with Gasteiger partial charge in [0, 0.05) is 17.9 Å². The second-order valence-corrected chi connectivity index (χ2v) is 5.51. The van der Waals surface area contributed by atoms with Crippen molar-refractivity contribution in [2.75, 3.05) is 16.8 Å². The van der Waals surface area contributed by atoms with E-state index < -0.39 is 0 Å². The smallest absolute Gasteiger partial charge is 0.223 e. The van der Waals surface area contributed by atoms with E-state index in [0.29, 0.717) is 24.3 Å². The summed E-state index contributed by atoms with van der Waals surface area (Å²) < 4.78 is 0.784. The summed E-state index contributed by atoms with van der Waals surface area (Å²) in [5, 5.41) is 29.8. The molecule has 1 aliphatic rings. The van der Waals surface area contributed by atoms with Gasteiger partial charge in [-0.2, -0.15) is 15.8 Å². The Bertz CT molecular complexity index is 791. The molecule has 22 heavy (non-hydrogen) atoms. The quantitative estimate of drug-likeness (QED) is 0.821. The molecular weight excluding hydrogens is 346 g/mol. The maximum absolute atomic E-state index is 11.8. The molecule has 0 fully saturated rings. The summed E-state index contributed by atoms with van der Waals surface area (Å²) in [6, 6.07) is 8.80. The Morgan fingerprint density at radius 3 is 2.50 bits per heavy atom. The van der Waals surface area contributed by atoms with Crippen molar-refractivity contribution >= 4 is 33.2 Å². The number of nitrogens with zero attached hydrogens (tertiary/aromatic N) is 4. The molecule has 0 saturated heterocycles. The minimum Gasteiger partial charge on any atom is -0.343 e. The zero-order valence-electron chi connectivity index (χ0n) is 11.6. The molecule has 0 aromatic heterocycles. The number of hydrogen-bond donors (Lipinski definition) is 1. The van der Waals surface area contributed by atoms with Crippen LogP contribution in [-0.4, -0.2) is 12.5 Å². The van der Waals surface area contributed by atoms with E-state index in [1.807, 2.05) is 12.1 Å². The molecule has 1 amide bonds. The Morgan fingerprint density at radius 2 is 1.95 bits per heavy atom. The molecule has 1 N–H and O–H groups in total. The molecule has 1 heterocycles. The normalized spacial score (nSPS) is 11.7. The lowest BCUT2D eigenvalue weighted by molar-refractivity contribution is -0.116. The van der Waals surface area contributed by atoms with Gasteiger partial charge in [-0.15, -0.1) is 0 Å². The van der Waals surface area contributed by atoms with Crippen molar-refractivity contribution in [3.63, 3.8) is 0 Å². The SMILES string of the molecule is CC(=O)N1CCc2cc(Br)cc(NC(C#N)=C(C#N)C#N)c21. The van der Waals surface area contributed by atoms with Crippen molar-refractivity contribution in [3.05, 3.63) is 33.4 Å². The predicted molar refractivity (Wildman–Crippen MR) is 83.4 cm³/mol. The number of anilines is 2. The van der Waals surface area contributed by atoms with Crippen LogP contribution < -0.4 is 10.2 Å². The summed E-state index contributed by atoms with van der Waals surface area (Å²) in [7, 11) is 0. The summed E-state index contributed by atoms with van der Waals surface area (Å²) in [5.74, 6) is -0.104. The fourth-order valence-corrected chi connectivity index (χ4v) is 2.84. The lowest BCUT2D eigenvalue weighted by Crippen LogP contribution is -2.26. The summed E-state index contributed by atoms with van der Waals surface area (Å²) in [6.07, 6.45) is 0.706. The fraction of sp³-hybridized carbons (Fsp3) is 0.200. The highest BCUT2D eigenvalue weighted by Crippen LogP contribution is 2.39. The number of nitriles is 3. The van der Waals surface area contributed by atoms with Crippen LogP contribution in [0.4, 0.5) is 11.4 Å². The van der Waals surface area contributed by atoms with Crippen LogP contribution in [0, 0.1) is 34.0 Å². The fourth-order valence-electron chi connectivity index (χ4n) is 2.34. The van der Waals surface area contributed by atoms with E-state index in [-0.39, 0.29) is 17.2 Å². The lowest BCUT2D eigenvalue weighted by atomic mass is 10.1. The highest BCUT2D eigenvalue weighted by molar-refractivity contribution is 9.10. The van der Waals surface area contributed by atoms with Gasteiger partial charge in [0.1, 0.15) is 23.9 Å². The zero-order chi connectivity index (χ0) is 16.3. The minimum atomic E-state index is -0.302. The van der Waals surface area contributed by atoms with Crippen LogP contribution >= 0.6 is 15.9 Å². The second kappa shape index (κ2) is 6.30. The van der Waals surface area contributed by atoms with E-state index in [1.54, 1.807) is 23.1 Å². The van der Waals surface area contributed by atoms with E-state index in [2.05, 4.69) is 21.2 Å². The van der Waals surface area contributed by atoms with Gasteiger partial charge in [0.25, 0.3) is 0 Å². The highest BCUT2D eigenvalue weighted by Gasteiger charge is 2.26. The number of carbonyl (C=O) groups is 1. The van der Waals surface area contributed by atoms with Crippen LogP contribution in [0.5, 0.6) is 0 Å². The van der Waals surface area contributed by atoms with E-state index in [9.17, 15) is 4.79 Å². The molecule has 0 saturated carbocycles. The standard InChI is InChI=1S/C15H10BrN5O/c1-9(22)21-3-2-10-4-12(16)5-13(15(10)21)20-14(8-19)11(6-17)7-18/h4-5,20H,2-3H2,1H3.